The molecule has 0 amide bonds. The van der Waals surface area contributed by atoms with Crippen LogP contribution in [0.5, 0.6) is 5.75 Å². The van der Waals surface area contributed by atoms with Crippen LogP contribution in [0.25, 0.3) is 11.1 Å². The number of hydrogen-bond acceptors (Lipinski definition) is 2. The van der Waals surface area contributed by atoms with Crippen LogP contribution < -0.4 is 4.74 Å². The smallest absolute Gasteiger partial charge is 0.126 e. The molecule has 0 saturated heterocycles. The molecule has 3 heteroatoms. The Labute approximate surface area is 98.9 Å². The Balaban J connectivity index is 2.56. The van der Waals surface area contributed by atoms with Crippen LogP contribution in [0.1, 0.15) is 5.56 Å². The predicted octanol–water partition coefficient (Wildman–Crippen LogP) is 3.37. The minimum atomic E-state index is -0.288. The lowest BCUT2D eigenvalue weighted by atomic mass is 10.0. The predicted molar refractivity (Wildman–Crippen MR) is 63.1 cm³/mol. The number of rotatable bonds is 2. The minimum absolute atomic E-state index is 0.288. The Morgan fingerprint density at radius 1 is 1.12 bits per heavy atom. The summed E-state index contributed by atoms with van der Waals surface area (Å²) in [7, 11) is 1.56. The first-order valence-electron chi connectivity index (χ1n) is 5.08. The van der Waals surface area contributed by atoms with E-state index in [1.54, 1.807) is 37.4 Å². The summed E-state index contributed by atoms with van der Waals surface area (Å²) in [6.07, 6.45) is 0. The van der Waals surface area contributed by atoms with E-state index in [0.717, 1.165) is 11.1 Å². The van der Waals surface area contributed by atoms with Crippen LogP contribution in [-0.2, 0) is 0 Å². The molecule has 0 fully saturated rings. The van der Waals surface area contributed by atoms with E-state index in [1.807, 2.05) is 0 Å². The average Bonchev–Trinajstić information content (AvgIpc) is 2.39. The number of methoxy groups -OCH3 is 1. The Kier molecular flexibility index (Phi) is 3.06. The van der Waals surface area contributed by atoms with Crippen LogP contribution >= 0.6 is 0 Å². The highest BCUT2D eigenvalue weighted by atomic mass is 19.1. The van der Waals surface area contributed by atoms with E-state index in [2.05, 4.69) is 6.07 Å². The van der Waals surface area contributed by atoms with Crippen molar-refractivity contribution in [3.05, 3.63) is 53.8 Å². The standard InChI is InChI=1S/C14H10FNO/c1-17-14-7-2-10(9-16)8-13(14)11-3-5-12(15)6-4-11/h2-8H,1H3. The molecule has 0 aliphatic carbocycles. The van der Waals surface area contributed by atoms with Gasteiger partial charge < -0.3 is 4.74 Å². The largest absolute Gasteiger partial charge is 0.496 e. The lowest BCUT2D eigenvalue weighted by Crippen LogP contribution is -1.89. The quantitative estimate of drug-likeness (QED) is 0.788. The molecule has 0 aromatic heterocycles. The molecule has 0 atom stereocenters. The summed E-state index contributed by atoms with van der Waals surface area (Å²) in [5.74, 6) is 0.375. The number of hydrogen-bond donors (Lipinski definition) is 0. The van der Waals surface area contributed by atoms with Gasteiger partial charge in [0.05, 0.1) is 18.7 Å². The van der Waals surface area contributed by atoms with E-state index in [0.29, 0.717) is 11.3 Å². The summed E-state index contributed by atoms with van der Waals surface area (Å²) in [4.78, 5) is 0. The van der Waals surface area contributed by atoms with Gasteiger partial charge in [-0.25, -0.2) is 4.39 Å². The fraction of sp³-hybridized carbons (Fsp3) is 0.0714. The highest BCUT2D eigenvalue weighted by Gasteiger charge is 2.07. The maximum Gasteiger partial charge on any atom is 0.126 e. The van der Waals surface area contributed by atoms with Crippen molar-refractivity contribution in [3.63, 3.8) is 0 Å². The zero-order valence-corrected chi connectivity index (χ0v) is 9.27. The Bertz CT molecular complexity index is 570. The fourth-order valence-corrected chi connectivity index (χ4v) is 1.63. The molecule has 17 heavy (non-hydrogen) atoms. The molecule has 0 aliphatic rings. The molecule has 0 aliphatic heterocycles. The molecule has 0 radical (unpaired) electrons. The topological polar surface area (TPSA) is 33.0 Å². The van der Waals surface area contributed by atoms with E-state index in [-0.39, 0.29) is 5.82 Å². The molecule has 2 rings (SSSR count). The lowest BCUT2D eigenvalue weighted by Gasteiger charge is -2.08. The van der Waals surface area contributed by atoms with Gasteiger partial charge in [0.1, 0.15) is 11.6 Å². The molecule has 2 aromatic carbocycles. The molecule has 0 spiro atoms. The molecule has 0 heterocycles. The Morgan fingerprint density at radius 2 is 1.82 bits per heavy atom. The van der Waals surface area contributed by atoms with Crippen molar-refractivity contribution in [2.75, 3.05) is 7.11 Å². The van der Waals surface area contributed by atoms with Gasteiger partial charge in [-0.2, -0.15) is 5.26 Å². The maximum absolute atomic E-state index is 12.8. The van der Waals surface area contributed by atoms with E-state index in [1.165, 1.54) is 12.1 Å². The van der Waals surface area contributed by atoms with Crippen LogP contribution in [0.2, 0.25) is 0 Å². The summed E-state index contributed by atoms with van der Waals surface area (Å²) in [5.41, 5.74) is 2.15. The SMILES string of the molecule is COc1ccc(C#N)cc1-c1ccc(F)cc1. The van der Waals surface area contributed by atoms with E-state index >= 15 is 0 Å². The molecule has 0 saturated carbocycles. The van der Waals surface area contributed by atoms with Crippen molar-refractivity contribution < 1.29 is 9.13 Å². The van der Waals surface area contributed by atoms with Gasteiger partial charge in [0, 0.05) is 5.56 Å². The maximum atomic E-state index is 12.8. The van der Waals surface area contributed by atoms with Gasteiger partial charge in [0.25, 0.3) is 0 Å². The molecule has 2 nitrogen and oxygen atoms in total. The van der Waals surface area contributed by atoms with E-state index in [9.17, 15) is 4.39 Å². The van der Waals surface area contributed by atoms with Crippen LogP contribution in [0.3, 0.4) is 0 Å². The van der Waals surface area contributed by atoms with Crippen molar-refractivity contribution in [2.24, 2.45) is 0 Å². The van der Waals surface area contributed by atoms with Crippen molar-refractivity contribution in [1.82, 2.24) is 0 Å². The van der Waals surface area contributed by atoms with Crippen molar-refractivity contribution in [1.29, 1.82) is 5.26 Å². The normalized spacial score (nSPS) is 9.71. The van der Waals surface area contributed by atoms with Gasteiger partial charge in [-0.05, 0) is 35.9 Å². The van der Waals surface area contributed by atoms with Crippen LogP contribution in [-0.4, -0.2) is 7.11 Å². The number of nitrogens with zero attached hydrogens (tertiary/aromatic N) is 1. The van der Waals surface area contributed by atoms with E-state index in [4.69, 9.17) is 10.00 Å². The zero-order chi connectivity index (χ0) is 12.3. The summed E-state index contributed by atoms with van der Waals surface area (Å²) in [5, 5.41) is 8.87. The highest BCUT2D eigenvalue weighted by Crippen LogP contribution is 2.30. The molecule has 0 N–H and O–H groups in total. The van der Waals surface area contributed by atoms with Gasteiger partial charge in [0.2, 0.25) is 0 Å². The highest BCUT2D eigenvalue weighted by molar-refractivity contribution is 5.72. The van der Waals surface area contributed by atoms with Crippen molar-refractivity contribution in [3.8, 4) is 22.9 Å². The van der Waals surface area contributed by atoms with Gasteiger partial charge in [-0.3, -0.25) is 0 Å². The molecule has 84 valence electrons. The first kappa shape index (κ1) is 11.2. The summed E-state index contributed by atoms with van der Waals surface area (Å²) >= 11 is 0. The number of halogens is 1. The zero-order valence-electron chi connectivity index (χ0n) is 9.27. The van der Waals surface area contributed by atoms with Crippen molar-refractivity contribution in [2.45, 2.75) is 0 Å². The second-order valence-corrected chi connectivity index (χ2v) is 3.53. The van der Waals surface area contributed by atoms with Crippen molar-refractivity contribution >= 4 is 0 Å². The minimum Gasteiger partial charge on any atom is -0.496 e. The third-order valence-electron chi connectivity index (χ3n) is 2.48. The third kappa shape index (κ3) is 2.26. The number of ether oxygens (including phenoxy) is 1. The van der Waals surface area contributed by atoms with Gasteiger partial charge in [-0.15, -0.1) is 0 Å². The first-order chi connectivity index (χ1) is 8.24. The number of benzene rings is 2. The van der Waals surface area contributed by atoms with Gasteiger partial charge in [-0.1, -0.05) is 12.1 Å². The Morgan fingerprint density at radius 3 is 2.41 bits per heavy atom. The van der Waals surface area contributed by atoms with Crippen LogP contribution in [0.4, 0.5) is 4.39 Å². The first-order valence-corrected chi connectivity index (χ1v) is 5.08. The molecule has 0 unspecified atom stereocenters. The lowest BCUT2D eigenvalue weighted by molar-refractivity contribution is 0.416. The second kappa shape index (κ2) is 4.67. The van der Waals surface area contributed by atoms with Crippen LogP contribution in [0, 0.1) is 17.1 Å². The van der Waals surface area contributed by atoms with E-state index < -0.39 is 0 Å². The van der Waals surface area contributed by atoms with Gasteiger partial charge >= 0.3 is 0 Å². The fourth-order valence-electron chi connectivity index (χ4n) is 1.63. The Hall–Kier alpha value is -2.34. The summed E-state index contributed by atoms with van der Waals surface area (Å²) in [6.45, 7) is 0. The molecule has 2 aromatic rings. The summed E-state index contributed by atoms with van der Waals surface area (Å²) in [6, 6.07) is 13.3. The van der Waals surface area contributed by atoms with Crippen LogP contribution in [0.15, 0.2) is 42.5 Å². The molecule has 0 bridgehead atoms. The summed E-state index contributed by atoms with van der Waals surface area (Å²) < 4.78 is 18.1. The number of nitriles is 1. The average molecular weight is 227 g/mol. The molecular weight excluding hydrogens is 217 g/mol. The molecular formula is C14H10FNO. The third-order valence-corrected chi connectivity index (χ3v) is 2.48. The second-order valence-electron chi connectivity index (χ2n) is 3.53. The monoisotopic (exact) mass is 227 g/mol. The van der Waals surface area contributed by atoms with Gasteiger partial charge in [0.15, 0.2) is 0 Å².